The lowest BCUT2D eigenvalue weighted by atomic mass is 9.95. The summed E-state index contributed by atoms with van der Waals surface area (Å²) in [6, 6.07) is 8.22. The third-order valence-corrected chi connectivity index (χ3v) is 5.43. The molecule has 6 nitrogen and oxygen atoms in total. The van der Waals surface area contributed by atoms with E-state index in [0.29, 0.717) is 17.7 Å². The minimum absolute atomic E-state index is 0.350. The molecule has 140 valence electrons. The van der Waals surface area contributed by atoms with Gasteiger partial charge in [0.1, 0.15) is 17.4 Å². The fraction of sp³-hybridized carbons (Fsp3) is 0.600. The summed E-state index contributed by atoms with van der Waals surface area (Å²) < 4.78 is 2.44. The summed E-state index contributed by atoms with van der Waals surface area (Å²) in [7, 11) is 4.18. The minimum Gasteiger partial charge on any atom is -0.508 e. The van der Waals surface area contributed by atoms with E-state index >= 15 is 0 Å². The number of phenols is 1. The van der Waals surface area contributed by atoms with Crippen molar-refractivity contribution in [3.8, 4) is 5.75 Å². The molecule has 6 heteroatoms. The van der Waals surface area contributed by atoms with Crippen LogP contribution in [-0.2, 0) is 13.1 Å². The summed E-state index contributed by atoms with van der Waals surface area (Å²) in [5.41, 5.74) is 1.18. The second-order valence-corrected chi connectivity index (χ2v) is 8.03. The van der Waals surface area contributed by atoms with E-state index in [1.807, 2.05) is 12.1 Å². The first-order valence-electron chi connectivity index (χ1n) is 9.69. The van der Waals surface area contributed by atoms with Crippen LogP contribution in [0.2, 0.25) is 0 Å². The molecule has 1 aliphatic carbocycles. The van der Waals surface area contributed by atoms with Gasteiger partial charge in [0.05, 0.1) is 6.54 Å². The monoisotopic (exact) mass is 355 g/mol. The second-order valence-electron chi connectivity index (χ2n) is 8.03. The Labute approximate surface area is 155 Å². The van der Waals surface area contributed by atoms with E-state index in [2.05, 4.69) is 44.7 Å². The lowest BCUT2D eigenvalue weighted by Crippen LogP contribution is -2.33. The summed E-state index contributed by atoms with van der Waals surface area (Å²) >= 11 is 0. The lowest BCUT2D eigenvalue weighted by Gasteiger charge is -2.31. The van der Waals surface area contributed by atoms with Crippen molar-refractivity contribution < 1.29 is 5.11 Å². The average Bonchev–Trinajstić information content (AvgIpc) is 3.36. The molecule has 1 saturated carbocycles. The molecule has 0 radical (unpaired) electrons. The second kappa shape index (κ2) is 7.37. The van der Waals surface area contributed by atoms with Crippen molar-refractivity contribution in [3.63, 3.8) is 0 Å². The van der Waals surface area contributed by atoms with E-state index in [1.165, 1.54) is 24.2 Å². The number of aromatic nitrogens is 3. The first-order chi connectivity index (χ1) is 12.6. The summed E-state index contributed by atoms with van der Waals surface area (Å²) in [4.78, 5) is 4.65. The van der Waals surface area contributed by atoms with Gasteiger partial charge in [-0.25, -0.2) is 0 Å². The number of rotatable bonds is 6. The highest BCUT2D eigenvalue weighted by atomic mass is 16.3. The molecular weight excluding hydrogens is 326 g/mol. The third kappa shape index (κ3) is 3.91. The van der Waals surface area contributed by atoms with Gasteiger partial charge in [0.25, 0.3) is 0 Å². The van der Waals surface area contributed by atoms with Gasteiger partial charge in [0.15, 0.2) is 0 Å². The summed E-state index contributed by atoms with van der Waals surface area (Å²) in [5.74, 6) is 3.19. The molecule has 2 aliphatic rings. The van der Waals surface area contributed by atoms with Crippen molar-refractivity contribution in [2.24, 2.45) is 0 Å². The fourth-order valence-electron chi connectivity index (χ4n) is 4.00. The molecule has 26 heavy (non-hydrogen) atoms. The zero-order valence-electron chi connectivity index (χ0n) is 15.8. The van der Waals surface area contributed by atoms with Gasteiger partial charge in [-0.05, 0) is 70.6 Å². The van der Waals surface area contributed by atoms with Gasteiger partial charge in [-0.15, -0.1) is 10.2 Å². The van der Waals surface area contributed by atoms with E-state index in [-0.39, 0.29) is 0 Å². The Hall–Kier alpha value is -1.92. The van der Waals surface area contributed by atoms with E-state index in [4.69, 9.17) is 0 Å². The maximum absolute atomic E-state index is 9.65. The van der Waals surface area contributed by atoms with Gasteiger partial charge in [-0.1, -0.05) is 12.1 Å². The zero-order valence-corrected chi connectivity index (χ0v) is 15.8. The van der Waals surface area contributed by atoms with E-state index in [9.17, 15) is 5.11 Å². The highest BCUT2D eigenvalue weighted by Gasteiger charge is 2.33. The van der Waals surface area contributed by atoms with Crippen LogP contribution in [0.4, 0.5) is 0 Å². The maximum atomic E-state index is 9.65. The van der Waals surface area contributed by atoms with Crippen LogP contribution in [-0.4, -0.2) is 56.9 Å². The number of piperidine rings is 1. The molecule has 0 unspecified atom stereocenters. The van der Waals surface area contributed by atoms with Crippen LogP contribution in [0, 0.1) is 0 Å². The standard InChI is InChI=1S/C20H29N5O/c1-23(2)14-19-21-22-20(25(19)17-6-7-17)16-8-10-24(11-9-16)13-15-4-3-5-18(26)12-15/h3-5,12,16-17,26H,6-11,13-14H2,1-2H3. The van der Waals surface area contributed by atoms with Gasteiger partial charge in [0, 0.05) is 18.5 Å². The molecular formula is C20H29N5O. The highest BCUT2D eigenvalue weighted by Crippen LogP contribution is 2.40. The molecule has 1 saturated heterocycles. The van der Waals surface area contributed by atoms with Crippen LogP contribution < -0.4 is 0 Å². The van der Waals surface area contributed by atoms with Gasteiger partial charge in [0.2, 0.25) is 0 Å². The molecule has 2 aromatic rings. The highest BCUT2D eigenvalue weighted by molar-refractivity contribution is 5.27. The van der Waals surface area contributed by atoms with Crippen molar-refractivity contribution in [1.29, 1.82) is 0 Å². The number of aromatic hydroxyl groups is 1. The van der Waals surface area contributed by atoms with Crippen LogP contribution >= 0.6 is 0 Å². The molecule has 0 spiro atoms. The number of hydrogen-bond donors (Lipinski definition) is 1. The molecule has 1 aromatic heterocycles. The largest absolute Gasteiger partial charge is 0.508 e. The molecule has 1 aromatic carbocycles. The Morgan fingerprint density at radius 3 is 2.54 bits per heavy atom. The van der Waals surface area contributed by atoms with Crippen molar-refractivity contribution in [3.05, 3.63) is 41.5 Å². The SMILES string of the molecule is CN(C)Cc1nnc(C2CCN(Cc3cccc(O)c3)CC2)n1C1CC1. The predicted molar refractivity (Wildman–Crippen MR) is 101 cm³/mol. The quantitative estimate of drug-likeness (QED) is 0.863. The number of benzene rings is 1. The summed E-state index contributed by atoms with van der Waals surface area (Å²) in [5, 5.41) is 18.8. The number of nitrogens with zero attached hydrogens (tertiary/aromatic N) is 5. The zero-order chi connectivity index (χ0) is 18.1. The smallest absolute Gasteiger partial charge is 0.147 e. The van der Waals surface area contributed by atoms with Gasteiger partial charge in [-0.2, -0.15) is 0 Å². The first-order valence-corrected chi connectivity index (χ1v) is 9.69. The number of phenolic OH excluding ortho intramolecular Hbond substituents is 1. The minimum atomic E-state index is 0.350. The Morgan fingerprint density at radius 1 is 1.12 bits per heavy atom. The Morgan fingerprint density at radius 2 is 1.88 bits per heavy atom. The molecule has 0 bridgehead atoms. The molecule has 0 amide bonds. The molecule has 2 heterocycles. The molecule has 0 atom stereocenters. The molecule has 2 fully saturated rings. The van der Waals surface area contributed by atoms with Crippen molar-refractivity contribution in [2.45, 2.75) is 50.7 Å². The fourth-order valence-corrected chi connectivity index (χ4v) is 4.00. The third-order valence-electron chi connectivity index (χ3n) is 5.43. The van der Waals surface area contributed by atoms with Gasteiger partial charge >= 0.3 is 0 Å². The van der Waals surface area contributed by atoms with Gasteiger partial charge < -0.3 is 14.6 Å². The van der Waals surface area contributed by atoms with Crippen LogP contribution in [0.25, 0.3) is 0 Å². The molecule has 1 aliphatic heterocycles. The van der Waals surface area contributed by atoms with Crippen molar-refractivity contribution in [1.82, 2.24) is 24.6 Å². The van der Waals surface area contributed by atoms with E-state index < -0.39 is 0 Å². The first kappa shape index (κ1) is 17.5. The van der Waals surface area contributed by atoms with Crippen LogP contribution in [0.5, 0.6) is 5.75 Å². The van der Waals surface area contributed by atoms with Crippen molar-refractivity contribution in [2.75, 3.05) is 27.2 Å². The van der Waals surface area contributed by atoms with Crippen LogP contribution in [0.15, 0.2) is 24.3 Å². The molecule has 1 N–H and O–H groups in total. The van der Waals surface area contributed by atoms with E-state index in [0.717, 1.165) is 44.8 Å². The average molecular weight is 355 g/mol. The van der Waals surface area contributed by atoms with Crippen LogP contribution in [0.3, 0.4) is 0 Å². The Balaban J connectivity index is 1.41. The number of hydrogen-bond acceptors (Lipinski definition) is 5. The van der Waals surface area contributed by atoms with Crippen LogP contribution in [0.1, 0.15) is 54.9 Å². The number of likely N-dealkylation sites (tertiary alicyclic amines) is 1. The normalized spacial score (nSPS) is 19.3. The topological polar surface area (TPSA) is 57.4 Å². The summed E-state index contributed by atoms with van der Waals surface area (Å²) in [6.07, 6.45) is 4.79. The van der Waals surface area contributed by atoms with Crippen molar-refractivity contribution >= 4 is 0 Å². The van der Waals surface area contributed by atoms with Gasteiger partial charge in [-0.3, -0.25) is 4.90 Å². The van der Waals surface area contributed by atoms with E-state index in [1.54, 1.807) is 6.07 Å². The Kier molecular flexibility index (Phi) is 4.96. The predicted octanol–water partition coefficient (Wildman–Crippen LogP) is 2.76. The lowest BCUT2D eigenvalue weighted by molar-refractivity contribution is 0.199. The maximum Gasteiger partial charge on any atom is 0.147 e. The molecule has 4 rings (SSSR count). The Bertz CT molecular complexity index is 744. The summed E-state index contributed by atoms with van der Waals surface area (Å²) in [6.45, 7) is 3.91.